The number of ether oxygens (including phenoxy) is 1. The molecular weight excluding hydrogens is 660 g/mol. The second kappa shape index (κ2) is 15.3. The number of nitrogens with zero attached hydrogens (tertiary/aromatic N) is 2. The summed E-state index contributed by atoms with van der Waals surface area (Å²) in [4.78, 5) is 30.3. The molecule has 268 valence electrons. The Morgan fingerprint density at radius 2 is 1.82 bits per heavy atom. The predicted octanol–water partition coefficient (Wildman–Crippen LogP) is 5.44. The maximum atomic E-state index is 13.3. The van der Waals surface area contributed by atoms with Gasteiger partial charge in [0.2, 0.25) is 10.0 Å². The van der Waals surface area contributed by atoms with Crippen LogP contribution < -0.4 is 19.7 Å². The van der Waals surface area contributed by atoms with Gasteiger partial charge in [-0.2, -0.15) is 0 Å². The van der Waals surface area contributed by atoms with Crippen molar-refractivity contribution in [3.63, 3.8) is 0 Å². The summed E-state index contributed by atoms with van der Waals surface area (Å²) in [6.45, 7) is 10.3. The van der Waals surface area contributed by atoms with E-state index in [-0.39, 0.29) is 17.3 Å². The molecule has 1 saturated heterocycles. The van der Waals surface area contributed by atoms with Crippen LogP contribution in [0, 0.1) is 23.7 Å². The van der Waals surface area contributed by atoms with Gasteiger partial charge in [0.1, 0.15) is 12.0 Å². The maximum absolute atomic E-state index is 13.3. The average Bonchev–Trinajstić information content (AvgIpc) is 3.22. The van der Waals surface area contributed by atoms with Crippen molar-refractivity contribution in [3.8, 4) is 5.75 Å². The Balaban J connectivity index is 0.000000531. The van der Waals surface area contributed by atoms with Crippen LogP contribution in [0.4, 0.5) is 5.69 Å². The minimum atomic E-state index is -3.89. The standard InChI is InChI=1S/C33H41ClN2O5S.C5H12N2/c1-21-5-3-6-26(18-37)28-11-8-25(28)17-36-19-33(14-4-7-23-15-27(34)10-12-29(23)33)20-41-31-13-9-24(16-30(31)36)32(38)35-42(39,40)22(21)2;1-7-4-2-6-3-5-7/h9-10,12-13,15-16,18,21-22,25-26,28H,3-8,11,14,17,19-20H2,1-2H3,(H,35,38);6H,2-5H2,1H3/t21-,22+,25-,26?,28+,33-;/m0./s1. The van der Waals surface area contributed by atoms with Gasteiger partial charge in [0.15, 0.2) is 0 Å². The van der Waals surface area contributed by atoms with Gasteiger partial charge < -0.3 is 24.6 Å². The lowest BCUT2D eigenvalue weighted by Gasteiger charge is -2.46. The molecule has 11 heteroatoms. The first-order chi connectivity index (χ1) is 23.5. The highest BCUT2D eigenvalue weighted by Gasteiger charge is 2.44. The molecule has 2 N–H and O–H groups in total. The highest BCUT2D eigenvalue weighted by atomic mass is 35.5. The molecular formula is C38H53ClN4O5S. The van der Waals surface area contributed by atoms with Crippen LogP contribution in [0.25, 0.3) is 0 Å². The Morgan fingerprint density at radius 3 is 2.51 bits per heavy atom. The normalized spacial score (nSPS) is 31.7. The number of anilines is 1. The summed E-state index contributed by atoms with van der Waals surface area (Å²) < 4.78 is 35.3. The maximum Gasteiger partial charge on any atom is 0.264 e. The molecule has 0 aromatic heterocycles. The summed E-state index contributed by atoms with van der Waals surface area (Å²) >= 11 is 6.39. The molecule has 1 spiro atoms. The number of piperazine rings is 1. The van der Waals surface area contributed by atoms with Crippen LogP contribution in [-0.4, -0.2) is 83.7 Å². The number of rotatable bonds is 1. The molecule has 9 nitrogen and oxygen atoms in total. The Morgan fingerprint density at radius 1 is 1.02 bits per heavy atom. The highest BCUT2D eigenvalue weighted by molar-refractivity contribution is 7.90. The first-order valence-corrected chi connectivity index (χ1v) is 20.1. The molecule has 1 saturated carbocycles. The molecule has 2 aromatic carbocycles. The van der Waals surface area contributed by atoms with Gasteiger partial charge in [-0.05, 0) is 118 Å². The summed E-state index contributed by atoms with van der Waals surface area (Å²) in [5.41, 5.74) is 3.37. The summed E-state index contributed by atoms with van der Waals surface area (Å²) in [6.07, 6.45) is 8.43. The third-order valence-corrected chi connectivity index (χ3v) is 14.2. The van der Waals surface area contributed by atoms with Crippen LogP contribution in [-0.2, 0) is 26.7 Å². The fraction of sp³-hybridized carbons (Fsp3) is 0.632. The predicted molar refractivity (Wildman–Crippen MR) is 195 cm³/mol. The van der Waals surface area contributed by atoms with Crippen molar-refractivity contribution in [2.24, 2.45) is 23.7 Å². The van der Waals surface area contributed by atoms with Crippen LogP contribution in [0.5, 0.6) is 5.75 Å². The number of hydrogen-bond donors (Lipinski definition) is 2. The Hall–Kier alpha value is -2.66. The van der Waals surface area contributed by atoms with E-state index in [1.807, 2.05) is 13.0 Å². The number of benzene rings is 2. The Kier molecular flexibility index (Phi) is 11.3. The van der Waals surface area contributed by atoms with Gasteiger partial charge in [-0.25, -0.2) is 13.1 Å². The van der Waals surface area contributed by atoms with Crippen molar-refractivity contribution >= 4 is 39.5 Å². The number of fused-ring (bicyclic) bond motifs is 4. The summed E-state index contributed by atoms with van der Waals surface area (Å²) in [7, 11) is -1.74. The zero-order chi connectivity index (χ0) is 34.8. The number of amides is 1. The lowest BCUT2D eigenvalue weighted by Crippen LogP contribution is -2.49. The smallest absolute Gasteiger partial charge is 0.264 e. The quantitative estimate of drug-likeness (QED) is 0.377. The summed E-state index contributed by atoms with van der Waals surface area (Å²) in [6, 6.07) is 11.4. The second-order valence-corrected chi connectivity index (χ2v) is 17.7. The van der Waals surface area contributed by atoms with Gasteiger partial charge in [-0.3, -0.25) is 4.79 Å². The fourth-order valence-corrected chi connectivity index (χ4v) is 10.1. The summed E-state index contributed by atoms with van der Waals surface area (Å²) in [5, 5.41) is 3.27. The van der Waals surface area contributed by atoms with E-state index in [9.17, 15) is 18.0 Å². The molecule has 1 unspecified atom stereocenters. The first kappa shape index (κ1) is 36.1. The van der Waals surface area contributed by atoms with E-state index < -0.39 is 21.2 Å². The van der Waals surface area contributed by atoms with Crippen molar-refractivity contribution in [3.05, 3.63) is 58.1 Å². The summed E-state index contributed by atoms with van der Waals surface area (Å²) in [5.74, 6) is 0.559. The SMILES string of the molecule is CN1CCNCC1.C[C@@H]1[C@@H](C)CCCC(C=O)[C@@H]2CC[C@H]2CN2C[C@@]3(CCCc4cc(Cl)ccc43)COc3ccc(cc32)C(=O)NS1(=O)=O. The van der Waals surface area contributed by atoms with E-state index in [0.29, 0.717) is 42.7 Å². The number of likely N-dealkylation sites (N-methyl/N-ethyl adjacent to an activating group) is 1. The second-order valence-electron chi connectivity index (χ2n) is 15.2. The van der Waals surface area contributed by atoms with Crippen molar-refractivity contribution < 1.29 is 22.7 Å². The molecule has 2 aromatic rings. The number of carbonyl (C=O) groups excluding carboxylic acids is 2. The van der Waals surface area contributed by atoms with E-state index in [2.05, 4.69) is 39.0 Å². The van der Waals surface area contributed by atoms with E-state index >= 15 is 0 Å². The number of halogens is 1. The lowest BCUT2D eigenvalue weighted by atomic mass is 9.65. The number of sulfonamides is 1. The van der Waals surface area contributed by atoms with Crippen LogP contribution >= 0.6 is 11.6 Å². The largest absolute Gasteiger partial charge is 0.490 e. The van der Waals surface area contributed by atoms with E-state index in [1.54, 1.807) is 25.1 Å². The van der Waals surface area contributed by atoms with Gasteiger partial charge >= 0.3 is 0 Å². The molecule has 3 heterocycles. The zero-order valence-corrected chi connectivity index (χ0v) is 30.8. The molecule has 0 radical (unpaired) electrons. The Labute approximate surface area is 297 Å². The van der Waals surface area contributed by atoms with Crippen LogP contribution in [0.3, 0.4) is 0 Å². The van der Waals surface area contributed by atoms with E-state index in [1.165, 1.54) is 24.2 Å². The molecule has 49 heavy (non-hydrogen) atoms. The van der Waals surface area contributed by atoms with Gasteiger partial charge in [0.25, 0.3) is 5.91 Å². The molecule has 5 aliphatic rings. The van der Waals surface area contributed by atoms with Gasteiger partial charge in [0, 0.05) is 61.2 Å². The third-order valence-electron chi connectivity index (χ3n) is 12.0. The van der Waals surface area contributed by atoms with Crippen LogP contribution in [0.1, 0.15) is 80.3 Å². The minimum Gasteiger partial charge on any atom is -0.490 e. The average molecular weight is 713 g/mol. The molecule has 7 rings (SSSR count). The third kappa shape index (κ3) is 7.97. The molecule has 6 atom stereocenters. The zero-order valence-electron chi connectivity index (χ0n) is 29.3. The molecule has 2 aliphatic carbocycles. The van der Waals surface area contributed by atoms with Crippen molar-refractivity contribution in [1.82, 2.24) is 14.9 Å². The van der Waals surface area contributed by atoms with Crippen LogP contribution in [0.15, 0.2) is 36.4 Å². The number of aryl methyl sites for hydroxylation is 1. The van der Waals surface area contributed by atoms with Crippen molar-refractivity contribution in [2.45, 2.75) is 75.9 Å². The van der Waals surface area contributed by atoms with Crippen molar-refractivity contribution in [1.29, 1.82) is 0 Å². The number of hydrogen-bond acceptors (Lipinski definition) is 8. The van der Waals surface area contributed by atoms with E-state index in [4.69, 9.17) is 16.3 Å². The number of carbonyl (C=O) groups is 2. The fourth-order valence-electron chi connectivity index (χ4n) is 8.58. The monoisotopic (exact) mass is 712 g/mol. The topological polar surface area (TPSA) is 108 Å². The van der Waals surface area contributed by atoms with Gasteiger partial charge in [-0.1, -0.05) is 31.0 Å². The molecule has 1 amide bonds. The van der Waals surface area contributed by atoms with E-state index in [0.717, 1.165) is 81.6 Å². The van der Waals surface area contributed by atoms with Gasteiger partial charge in [-0.15, -0.1) is 0 Å². The van der Waals surface area contributed by atoms with Crippen molar-refractivity contribution in [2.75, 3.05) is 57.8 Å². The molecule has 2 bridgehead atoms. The van der Waals surface area contributed by atoms with Crippen LogP contribution in [0.2, 0.25) is 5.02 Å². The molecule has 2 fully saturated rings. The Bertz CT molecular complexity index is 1610. The number of nitrogens with one attached hydrogen (secondary N) is 2. The lowest BCUT2D eigenvalue weighted by molar-refractivity contribution is -0.115. The first-order valence-electron chi connectivity index (χ1n) is 18.2. The molecule has 3 aliphatic heterocycles. The minimum absolute atomic E-state index is 0.0315. The van der Waals surface area contributed by atoms with Gasteiger partial charge in [0.05, 0.1) is 17.5 Å². The highest BCUT2D eigenvalue weighted by Crippen LogP contribution is 2.47. The number of aldehydes is 1.